The Kier molecular flexibility index (Phi) is 8.00. The summed E-state index contributed by atoms with van der Waals surface area (Å²) < 4.78 is 49.5. The van der Waals surface area contributed by atoms with E-state index in [1.54, 1.807) is 20.8 Å². The lowest BCUT2D eigenvalue weighted by Crippen LogP contribution is -2.44. The number of nitrogens with zero attached hydrogens (tertiary/aromatic N) is 2. The Labute approximate surface area is 178 Å². The monoisotopic (exact) mass is 459 g/mol. The molecule has 1 aliphatic heterocycles. The van der Waals surface area contributed by atoms with Gasteiger partial charge in [0, 0.05) is 31.2 Å². The van der Waals surface area contributed by atoms with Gasteiger partial charge in [0.1, 0.15) is 0 Å². The van der Waals surface area contributed by atoms with E-state index >= 15 is 0 Å². The number of sulfonamides is 1. The summed E-state index contributed by atoms with van der Waals surface area (Å²) in [6.45, 7) is 6.00. The molecule has 0 spiro atoms. The van der Waals surface area contributed by atoms with Crippen LogP contribution in [0, 0.1) is 0 Å². The molecule has 0 aliphatic carbocycles. The van der Waals surface area contributed by atoms with Crippen molar-refractivity contribution in [2.24, 2.45) is 0 Å². The van der Waals surface area contributed by atoms with E-state index in [4.69, 9.17) is 0 Å². The molecule has 0 aromatic heterocycles. The second-order valence-corrected chi connectivity index (χ2v) is 11.3. The third kappa shape index (κ3) is 5.79. The summed E-state index contributed by atoms with van der Waals surface area (Å²) in [7, 11) is -6.72. The van der Waals surface area contributed by atoms with Gasteiger partial charge in [-0.15, -0.1) is 0 Å². The number of rotatable bonds is 9. The van der Waals surface area contributed by atoms with Gasteiger partial charge >= 0.3 is 0 Å². The predicted molar refractivity (Wildman–Crippen MR) is 113 cm³/mol. The molecule has 2 rings (SSSR count). The second kappa shape index (κ2) is 9.88. The molecule has 0 radical (unpaired) electrons. The molecule has 1 aromatic rings. The minimum atomic E-state index is -3.62. The van der Waals surface area contributed by atoms with Gasteiger partial charge in [-0.2, -0.15) is 4.31 Å². The maximum atomic E-state index is 12.7. The summed E-state index contributed by atoms with van der Waals surface area (Å²) in [6.07, 6.45) is 0.372. The number of carbonyl (C=O) groups is 2. The van der Waals surface area contributed by atoms with Crippen molar-refractivity contribution in [1.29, 1.82) is 0 Å². The van der Waals surface area contributed by atoms with Crippen molar-refractivity contribution >= 4 is 31.7 Å². The number of carbonyl (C=O) groups excluding carboxylic acids is 2. The zero-order valence-corrected chi connectivity index (χ0v) is 19.1. The van der Waals surface area contributed by atoms with Gasteiger partial charge in [-0.25, -0.2) is 16.8 Å². The summed E-state index contributed by atoms with van der Waals surface area (Å²) in [6, 6.07) is 5.21. The quantitative estimate of drug-likeness (QED) is 0.573. The molecule has 1 fully saturated rings. The standard InChI is InChI=1S/C19H29N3O6S2/c1-4-21(13-18(23)20-16-11-12-29(25,26)14-16)19(24)15-7-9-17(10-8-15)30(27,28)22(5-2)6-3/h7-10,16H,4-6,11-14H2,1-3H3,(H,20,23)/t16-/m0/s1. The number of sulfone groups is 1. The first-order valence-electron chi connectivity index (χ1n) is 9.93. The highest BCUT2D eigenvalue weighted by molar-refractivity contribution is 7.91. The van der Waals surface area contributed by atoms with E-state index in [1.807, 2.05) is 0 Å². The van der Waals surface area contributed by atoms with Crippen molar-refractivity contribution in [2.45, 2.75) is 38.1 Å². The first-order valence-corrected chi connectivity index (χ1v) is 13.2. The lowest BCUT2D eigenvalue weighted by atomic mass is 10.2. The molecule has 1 heterocycles. The Morgan fingerprint density at radius 2 is 1.67 bits per heavy atom. The normalized spacial score (nSPS) is 18.3. The van der Waals surface area contributed by atoms with Crippen LogP contribution < -0.4 is 5.32 Å². The SMILES string of the molecule is CCN(CC(=O)N[C@H]1CCS(=O)(=O)C1)C(=O)c1ccc(S(=O)(=O)N(CC)CC)cc1. The van der Waals surface area contributed by atoms with Gasteiger partial charge in [-0.3, -0.25) is 9.59 Å². The highest BCUT2D eigenvalue weighted by atomic mass is 32.2. The van der Waals surface area contributed by atoms with E-state index in [-0.39, 0.29) is 35.1 Å². The number of amides is 2. The second-order valence-electron chi connectivity index (χ2n) is 7.10. The van der Waals surface area contributed by atoms with Gasteiger partial charge in [0.05, 0.1) is 22.9 Å². The highest BCUT2D eigenvalue weighted by Gasteiger charge is 2.29. The van der Waals surface area contributed by atoms with Gasteiger partial charge in [0.25, 0.3) is 5.91 Å². The highest BCUT2D eigenvalue weighted by Crippen LogP contribution is 2.17. The van der Waals surface area contributed by atoms with Crippen LogP contribution in [0.15, 0.2) is 29.2 Å². The largest absolute Gasteiger partial charge is 0.351 e. The van der Waals surface area contributed by atoms with Gasteiger partial charge < -0.3 is 10.2 Å². The lowest BCUT2D eigenvalue weighted by Gasteiger charge is -2.22. The van der Waals surface area contributed by atoms with Crippen LogP contribution in [0.1, 0.15) is 37.6 Å². The maximum Gasteiger partial charge on any atom is 0.254 e. The molecule has 30 heavy (non-hydrogen) atoms. The van der Waals surface area contributed by atoms with E-state index < -0.39 is 37.7 Å². The predicted octanol–water partition coefficient (Wildman–Crippen LogP) is 0.483. The van der Waals surface area contributed by atoms with E-state index in [2.05, 4.69) is 5.32 Å². The molecule has 168 valence electrons. The number of likely N-dealkylation sites (N-methyl/N-ethyl adjacent to an activating group) is 1. The molecule has 1 aromatic carbocycles. The van der Waals surface area contributed by atoms with Gasteiger partial charge in [-0.05, 0) is 37.6 Å². The Balaban J connectivity index is 2.05. The summed E-state index contributed by atoms with van der Waals surface area (Å²) in [5.74, 6) is -0.857. The third-order valence-corrected chi connectivity index (χ3v) is 8.88. The molecule has 2 amide bonds. The number of benzene rings is 1. The average molecular weight is 460 g/mol. The molecule has 0 unspecified atom stereocenters. The van der Waals surface area contributed by atoms with Crippen LogP contribution in [0.4, 0.5) is 0 Å². The molecular weight excluding hydrogens is 430 g/mol. The smallest absolute Gasteiger partial charge is 0.254 e. The number of nitrogens with one attached hydrogen (secondary N) is 1. The number of hydrogen-bond donors (Lipinski definition) is 1. The minimum absolute atomic E-state index is 0.0527. The summed E-state index contributed by atoms with van der Waals surface area (Å²) in [5, 5.41) is 2.66. The molecule has 1 saturated heterocycles. The fourth-order valence-corrected chi connectivity index (χ4v) is 6.48. The van der Waals surface area contributed by atoms with E-state index in [9.17, 15) is 26.4 Å². The molecule has 9 nitrogen and oxygen atoms in total. The summed E-state index contributed by atoms with van der Waals surface area (Å²) in [4.78, 5) is 26.4. The van der Waals surface area contributed by atoms with Crippen LogP contribution in [0.25, 0.3) is 0 Å². The first kappa shape index (κ1) is 24.3. The van der Waals surface area contributed by atoms with Crippen molar-refractivity contribution in [1.82, 2.24) is 14.5 Å². The van der Waals surface area contributed by atoms with Gasteiger partial charge in [0.2, 0.25) is 15.9 Å². The Hall–Kier alpha value is -1.98. The molecule has 1 atom stereocenters. The number of hydrogen-bond acceptors (Lipinski definition) is 6. The summed E-state index contributed by atoms with van der Waals surface area (Å²) in [5.41, 5.74) is 0.270. The molecule has 0 bridgehead atoms. The fraction of sp³-hybridized carbons (Fsp3) is 0.579. The fourth-order valence-electron chi connectivity index (χ4n) is 3.35. The van der Waals surface area contributed by atoms with E-state index in [0.29, 0.717) is 19.5 Å². The van der Waals surface area contributed by atoms with E-state index in [0.717, 1.165) is 0 Å². The van der Waals surface area contributed by atoms with Crippen molar-refractivity contribution in [3.63, 3.8) is 0 Å². The third-order valence-electron chi connectivity index (χ3n) is 5.05. The lowest BCUT2D eigenvalue weighted by molar-refractivity contribution is -0.122. The summed E-state index contributed by atoms with van der Waals surface area (Å²) >= 11 is 0. The zero-order valence-electron chi connectivity index (χ0n) is 17.5. The maximum absolute atomic E-state index is 12.7. The Bertz CT molecular complexity index is 970. The Morgan fingerprint density at radius 3 is 2.13 bits per heavy atom. The molecular formula is C19H29N3O6S2. The molecule has 1 N–H and O–H groups in total. The average Bonchev–Trinajstić information content (AvgIpc) is 3.04. The minimum Gasteiger partial charge on any atom is -0.351 e. The zero-order chi connectivity index (χ0) is 22.5. The van der Waals surface area contributed by atoms with E-state index in [1.165, 1.54) is 33.5 Å². The van der Waals surface area contributed by atoms with Crippen molar-refractivity contribution < 1.29 is 26.4 Å². The van der Waals surface area contributed by atoms with Crippen LogP contribution in [0.2, 0.25) is 0 Å². The first-order chi connectivity index (χ1) is 14.0. The van der Waals surface area contributed by atoms with Crippen LogP contribution in [-0.4, -0.2) is 81.6 Å². The van der Waals surface area contributed by atoms with Crippen LogP contribution in [0.5, 0.6) is 0 Å². The van der Waals surface area contributed by atoms with Crippen LogP contribution in [0.3, 0.4) is 0 Å². The van der Waals surface area contributed by atoms with Crippen LogP contribution in [-0.2, 0) is 24.7 Å². The van der Waals surface area contributed by atoms with Gasteiger partial charge in [-0.1, -0.05) is 13.8 Å². The van der Waals surface area contributed by atoms with Gasteiger partial charge in [0.15, 0.2) is 9.84 Å². The Morgan fingerprint density at radius 1 is 1.07 bits per heavy atom. The van der Waals surface area contributed by atoms with Crippen molar-refractivity contribution in [2.75, 3.05) is 37.7 Å². The topological polar surface area (TPSA) is 121 Å². The molecule has 0 saturated carbocycles. The van der Waals surface area contributed by atoms with Crippen molar-refractivity contribution in [3.05, 3.63) is 29.8 Å². The van der Waals surface area contributed by atoms with Crippen LogP contribution >= 0.6 is 0 Å². The van der Waals surface area contributed by atoms with Crippen molar-refractivity contribution in [3.8, 4) is 0 Å². The molecule has 1 aliphatic rings. The molecule has 11 heteroatoms.